The van der Waals surface area contributed by atoms with E-state index >= 15 is 0 Å². The number of nitrogens with zero attached hydrogens (tertiary/aromatic N) is 4. The van der Waals surface area contributed by atoms with Gasteiger partial charge in [0.1, 0.15) is 11.6 Å². The molecule has 3 heterocycles. The molecule has 7 nitrogen and oxygen atoms in total. The van der Waals surface area contributed by atoms with Crippen LogP contribution in [0.3, 0.4) is 0 Å². The van der Waals surface area contributed by atoms with E-state index in [4.69, 9.17) is 9.97 Å². The molecule has 7 heteroatoms. The van der Waals surface area contributed by atoms with Gasteiger partial charge in [-0.1, -0.05) is 19.3 Å². The fraction of sp³-hybridized carbons (Fsp3) is 0.727. The molecule has 1 saturated heterocycles. The third kappa shape index (κ3) is 4.23. The number of rotatable bonds is 3. The maximum absolute atomic E-state index is 13.0. The molecule has 4 rings (SSSR count). The van der Waals surface area contributed by atoms with Crippen LogP contribution < -0.4 is 5.32 Å². The molecule has 0 spiro atoms. The van der Waals surface area contributed by atoms with Crippen LogP contribution >= 0.6 is 0 Å². The number of piperidine rings is 1. The second kappa shape index (κ2) is 8.67. The molecule has 3 aliphatic rings. The van der Waals surface area contributed by atoms with E-state index in [9.17, 15) is 9.59 Å². The van der Waals surface area contributed by atoms with Crippen molar-refractivity contribution < 1.29 is 9.59 Å². The summed E-state index contributed by atoms with van der Waals surface area (Å²) in [6.45, 7) is 4.50. The lowest BCUT2D eigenvalue weighted by Crippen LogP contribution is -2.41. The van der Waals surface area contributed by atoms with Crippen molar-refractivity contribution in [3.05, 3.63) is 17.1 Å². The number of amides is 2. The highest BCUT2D eigenvalue weighted by atomic mass is 16.2. The van der Waals surface area contributed by atoms with Crippen molar-refractivity contribution in [2.24, 2.45) is 5.92 Å². The monoisotopic (exact) mass is 399 g/mol. The highest BCUT2D eigenvalue weighted by Gasteiger charge is 2.32. The predicted octanol–water partition coefficient (Wildman–Crippen LogP) is 2.71. The maximum Gasteiger partial charge on any atom is 0.225 e. The molecule has 0 radical (unpaired) electrons. The molecule has 1 N–H and O–H groups in total. The Morgan fingerprint density at radius 3 is 2.52 bits per heavy atom. The van der Waals surface area contributed by atoms with Gasteiger partial charge >= 0.3 is 0 Å². The Morgan fingerprint density at radius 1 is 1.00 bits per heavy atom. The first-order valence-corrected chi connectivity index (χ1v) is 11.2. The van der Waals surface area contributed by atoms with Crippen LogP contribution in [-0.4, -0.2) is 58.3 Å². The quantitative estimate of drug-likeness (QED) is 0.845. The van der Waals surface area contributed by atoms with Crippen LogP contribution in [0.4, 0.5) is 5.82 Å². The summed E-state index contributed by atoms with van der Waals surface area (Å²) in [6.07, 6.45) is 8.45. The van der Waals surface area contributed by atoms with E-state index in [1.54, 1.807) is 6.92 Å². The van der Waals surface area contributed by atoms with Gasteiger partial charge in [0.2, 0.25) is 11.8 Å². The molecule has 2 fully saturated rings. The Bertz CT molecular complexity index is 757. The van der Waals surface area contributed by atoms with Crippen molar-refractivity contribution in [1.82, 2.24) is 19.8 Å². The molecule has 1 aromatic heterocycles. The van der Waals surface area contributed by atoms with Gasteiger partial charge in [0.05, 0.1) is 12.2 Å². The summed E-state index contributed by atoms with van der Waals surface area (Å²) in [7, 11) is 1.89. The lowest BCUT2D eigenvalue weighted by atomic mass is 9.87. The van der Waals surface area contributed by atoms with Gasteiger partial charge in [-0.05, 0) is 25.7 Å². The van der Waals surface area contributed by atoms with Crippen molar-refractivity contribution in [2.45, 2.75) is 70.8 Å². The first kappa shape index (κ1) is 20.1. The molecule has 0 bridgehead atoms. The van der Waals surface area contributed by atoms with Crippen LogP contribution in [0.5, 0.6) is 0 Å². The third-order valence-electron chi connectivity index (χ3n) is 6.81. The Morgan fingerprint density at radius 2 is 1.79 bits per heavy atom. The fourth-order valence-electron chi connectivity index (χ4n) is 5.09. The maximum atomic E-state index is 13.0. The van der Waals surface area contributed by atoms with Gasteiger partial charge in [-0.15, -0.1) is 0 Å². The van der Waals surface area contributed by atoms with E-state index in [0.29, 0.717) is 19.0 Å². The van der Waals surface area contributed by atoms with Crippen LogP contribution in [-0.2, 0) is 22.6 Å². The standard InChI is InChI=1S/C22H33N5O2/c1-15(28)26-11-6-9-17(13-26)20-24-19-10-12-27(14-18(19)21(23-2)25-20)22(29)16-7-4-3-5-8-16/h16-17H,3-14H2,1-2H3,(H,23,24,25). The second-order valence-corrected chi connectivity index (χ2v) is 8.75. The molecule has 0 aromatic carbocycles. The SMILES string of the molecule is CNc1nc(C2CCCN(C(C)=O)C2)nc2c1CN(C(=O)C1CCCCC1)CC2. The average molecular weight is 400 g/mol. The fourth-order valence-corrected chi connectivity index (χ4v) is 5.09. The number of carbonyl (C=O) groups excluding carboxylic acids is 2. The molecular weight excluding hydrogens is 366 g/mol. The van der Waals surface area contributed by atoms with Crippen LogP contribution in [0.25, 0.3) is 0 Å². The molecule has 1 atom stereocenters. The van der Waals surface area contributed by atoms with Crippen molar-refractivity contribution in [3.8, 4) is 0 Å². The van der Waals surface area contributed by atoms with Gasteiger partial charge in [0.15, 0.2) is 0 Å². The summed E-state index contributed by atoms with van der Waals surface area (Å²) in [4.78, 5) is 38.5. The van der Waals surface area contributed by atoms with E-state index in [2.05, 4.69) is 5.32 Å². The van der Waals surface area contributed by atoms with Gasteiger partial charge in [-0.2, -0.15) is 0 Å². The van der Waals surface area contributed by atoms with Crippen molar-refractivity contribution >= 4 is 17.6 Å². The number of hydrogen-bond donors (Lipinski definition) is 1. The number of anilines is 1. The first-order chi connectivity index (χ1) is 14.1. The molecule has 1 aliphatic carbocycles. The molecule has 29 heavy (non-hydrogen) atoms. The number of likely N-dealkylation sites (tertiary alicyclic amines) is 1. The smallest absolute Gasteiger partial charge is 0.225 e. The van der Waals surface area contributed by atoms with Crippen molar-refractivity contribution in [3.63, 3.8) is 0 Å². The summed E-state index contributed by atoms with van der Waals surface area (Å²) in [5.74, 6) is 2.50. The number of hydrogen-bond acceptors (Lipinski definition) is 5. The minimum atomic E-state index is 0.123. The van der Waals surface area contributed by atoms with Gasteiger partial charge in [0, 0.05) is 57.4 Å². The van der Waals surface area contributed by atoms with Crippen LogP contribution in [0.1, 0.15) is 74.9 Å². The van der Waals surface area contributed by atoms with Crippen LogP contribution in [0.2, 0.25) is 0 Å². The minimum absolute atomic E-state index is 0.123. The molecule has 158 valence electrons. The highest BCUT2D eigenvalue weighted by Crippen LogP contribution is 2.32. The number of aromatic nitrogens is 2. The number of fused-ring (bicyclic) bond motifs is 1. The van der Waals surface area contributed by atoms with Crippen molar-refractivity contribution in [1.29, 1.82) is 0 Å². The Kier molecular flexibility index (Phi) is 6.01. The largest absolute Gasteiger partial charge is 0.373 e. The second-order valence-electron chi connectivity index (χ2n) is 8.75. The van der Waals surface area contributed by atoms with E-state index in [-0.39, 0.29) is 17.7 Å². The topological polar surface area (TPSA) is 78.4 Å². The normalized spacial score (nSPS) is 22.9. The van der Waals surface area contributed by atoms with E-state index in [1.165, 1.54) is 19.3 Å². The lowest BCUT2D eigenvalue weighted by molar-refractivity contribution is -0.137. The first-order valence-electron chi connectivity index (χ1n) is 11.2. The molecular formula is C22H33N5O2. The minimum Gasteiger partial charge on any atom is -0.373 e. The summed E-state index contributed by atoms with van der Waals surface area (Å²) in [5, 5.41) is 3.24. The van der Waals surface area contributed by atoms with Gasteiger partial charge < -0.3 is 15.1 Å². The summed E-state index contributed by atoms with van der Waals surface area (Å²) in [6, 6.07) is 0. The molecule has 2 aliphatic heterocycles. The zero-order chi connectivity index (χ0) is 20.4. The Labute approximate surface area is 173 Å². The molecule has 1 aromatic rings. The lowest BCUT2D eigenvalue weighted by Gasteiger charge is -2.35. The van der Waals surface area contributed by atoms with Gasteiger partial charge in [0.25, 0.3) is 0 Å². The average Bonchev–Trinajstić information content (AvgIpc) is 2.78. The number of nitrogens with one attached hydrogen (secondary N) is 1. The van der Waals surface area contributed by atoms with Crippen LogP contribution in [0, 0.1) is 5.92 Å². The summed E-state index contributed by atoms with van der Waals surface area (Å²) < 4.78 is 0. The molecule has 1 unspecified atom stereocenters. The summed E-state index contributed by atoms with van der Waals surface area (Å²) >= 11 is 0. The van der Waals surface area contributed by atoms with E-state index in [1.807, 2.05) is 16.8 Å². The number of carbonyl (C=O) groups is 2. The molecule has 1 saturated carbocycles. The Hall–Kier alpha value is -2.18. The highest BCUT2D eigenvalue weighted by molar-refractivity contribution is 5.79. The van der Waals surface area contributed by atoms with Gasteiger partial charge in [-0.25, -0.2) is 9.97 Å². The van der Waals surface area contributed by atoms with Crippen LogP contribution in [0.15, 0.2) is 0 Å². The van der Waals surface area contributed by atoms with Crippen molar-refractivity contribution in [2.75, 3.05) is 32.0 Å². The Balaban J connectivity index is 1.53. The molecule has 2 amide bonds. The summed E-state index contributed by atoms with van der Waals surface area (Å²) in [5.41, 5.74) is 2.12. The third-order valence-corrected chi connectivity index (χ3v) is 6.81. The van der Waals surface area contributed by atoms with E-state index in [0.717, 1.165) is 68.1 Å². The predicted molar refractivity (Wildman–Crippen MR) is 112 cm³/mol. The van der Waals surface area contributed by atoms with Gasteiger partial charge in [-0.3, -0.25) is 9.59 Å². The zero-order valence-electron chi connectivity index (χ0n) is 17.7. The van der Waals surface area contributed by atoms with E-state index < -0.39 is 0 Å². The zero-order valence-corrected chi connectivity index (χ0v) is 17.7.